The molecule has 3 rings (SSSR count). The molecular formula is C31H48N4O6. The quantitative estimate of drug-likeness (QED) is 0.575. The van der Waals surface area contributed by atoms with Crippen molar-refractivity contribution >= 4 is 23.6 Å². The summed E-state index contributed by atoms with van der Waals surface area (Å²) in [6.07, 6.45) is 9.52. The highest BCUT2D eigenvalue weighted by Crippen LogP contribution is 2.29. The SMILES string of the molecule is COc1ccc2cc1OCC(=O)N[C@@H](C)C(=O)N(C)CCCCN(C(=O)CC1CCCCC1)CCCNC(=O)CC2. The van der Waals surface area contributed by atoms with Gasteiger partial charge in [0.2, 0.25) is 17.7 Å². The number of carbonyl (C=O) groups is 4. The van der Waals surface area contributed by atoms with Crippen molar-refractivity contribution in [1.82, 2.24) is 20.4 Å². The lowest BCUT2D eigenvalue weighted by Crippen LogP contribution is -2.47. The number of nitrogens with zero attached hydrogens (tertiary/aromatic N) is 2. The largest absolute Gasteiger partial charge is 0.493 e. The lowest BCUT2D eigenvalue weighted by Gasteiger charge is -2.28. The molecule has 0 aromatic heterocycles. The molecular weight excluding hydrogens is 524 g/mol. The average molecular weight is 573 g/mol. The maximum absolute atomic E-state index is 13.2. The molecule has 2 N–H and O–H groups in total. The molecule has 10 heteroatoms. The smallest absolute Gasteiger partial charge is 0.258 e. The molecule has 1 aromatic rings. The average Bonchev–Trinajstić information content (AvgIpc) is 2.97. The Morgan fingerprint density at radius 2 is 1.71 bits per heavy atom. The van der Waals surface area contributed by atoms with Crippen molar-refractivity contribution in [2.75, 3.05) is 46.9 Å². The van der Waals surface area contributed by atoms with Crippen LogP contribution in [0.3, 0.4) is 0 Å². The van der Waals surface area contributed by atoms with Crippen LogP contribution in [-0.4, -0.2) is 86.4 Å². The van der Waals surface area contributed by atoms with E-state index < -0.39 is 11.9 Å². The van der Waals surface area contributed by atoms with Gasteiger partial charge >= 0.3 is 0 Å². The lowest BCUT2D eigenvalue weighted by atomic mass is 9.86. The number of carbonyl (C=O) groups excluding carboxylic acids is 4. The number of aryl methyl sites for hydroxylation is 1. The van der Waals surface area contributed by atoms with Crippen molar-refractivity contribution < 1.29 is 28.7 Å². The summed E-state index contributed by atoms with van der Waals surface area (Å²) in [6, 6.07) is 4.68. The molecule has 41 heavy (non-hydrogen) atoms. The van der Waals surface area contributed by atoms with Crippen molar-refractivity contribution in [1.29, 1.82) is 0 Å². The van der Waals surface area contributed by atoms with Crippen molar-refractivity contribution in [3.05, 3.63) is 23.8 Å². The van der Waals surface area contributed by atoms with E-state index >= 15 is 0 Å². The molecule has 0 spiro atoms. The molecule has 1 aliphatic heterocycles. The zero-order valence-electron chi connectivity index (χ0n) is 25.0. The highest BCUT2D eigenvalue weighted by molar-refractivity contribution is 5.87. The molecule has 1 atom stereocenters. The Morgan fingerprint density at radius 3 is 2.46 bits per heavy atom. The topological polar surface area (TPSA) is 117 Å². The molecule has 1 heterocycles. The molecule has 228 valence electrons. The van der Waals surface area contributed by atoms with Crippen LogP contribution in [0.1, 0.15) is 76.7 Å². The normalized spacial score (nSPS) is 21.5. The number of likely N-dealkylation sites (N-methyl/N-ethyl adjacent to an activating group) is 1. The van der Waals surface area contributed by atoms with Gasteiger partial charge in [-0.1, -0.05) is 25.3 Å². The molecule has 1 saturated carbocycles. The Bertz CT molecular complexity index is 1030. The van der Waals surface area contributed by atoms with Gasteiger partial charge in [-0.05, 0) is 69.1 Å². The van der Waals surface area contributed by atoms with Gasteiger partial charge in [0.1, 0.15) is 6.04 Å². The first-order valence-corrected chi connectivity index (χ1v) is 15.2. The molecule has 0 saturated heterocycles. The summed E-state index contributed by atoms with van der Waals surface area (Å²) in [5, 5.41) is 5.69. The Balaban J connectivity index is 1.66. The Labute approximate surface area is 244 Å². The van der Waals surface area contributed by atoms with Crippen LogP contribution in [0.2, 0.25) is 0 Å². The molecule has 1 aliphatic carbocycles. The Hall–Kier alpha value is -3.30. The number of methoxy groups -OCH3 is 1. The number of fused-ring (bicyclic) bond motifs is 2. The van der Waals surface area contributed by atoms with Gasteiger partial charge in [0.15, 0.2) is 18.1 Å². The third-order valence-electron chi connectivity index (χ3n) is 7.99. The minimum Gasteiger partial charge on any atom is -0.493 e. The van der Waals surface area contributed by atoms with Gasteiger partial charge in [0.25, 0.3) is 5.91 Å². The number of rotatable bonds is 3. The minimum absolute atomic E-state index is 0.0495. The zero-order chi connectivity index (χ0) is 29.6. The summed E-state index contributed by atoms with van der Waals surface area (Å²) in [5.41, 5.74) is 0.878. The fraction of sp³-hybridized carbons (Fsp3) is 0.677. The number of nitrogens with one attached hydrogen (secondary N) is 2. The summed E-state index contributed by atoms with van der Waals surface area (Å²) >= 11 is 0. The van der Waals surface area contributed by atoms with E-state index in [1.54, 1.807) is 31.0 Å². The zero-order valence-corrected chi connectivity index (χ0v) is 25.0. The second-order valence-electron chi connectivity index (χ2n) is 11.3. The highest BCUT2D eigenvalue weighted by Gasteiger charge is 2.22. The van der Waals surface area contributed by atoms with E-state index in [4.69, 9.17) is 9.47 Å². The Kier molecular flexibility index (Phi) is 13.2. The lowest BCUT2D eigenvalue weighted by molar-refractivity contribution is -0.135. The van der Waals surface area contributed by atoms with E-state index in [2.05, 4.69) is 10.6 Å². The molecule has 2 bridgehead atoms. The third-order valence-corrected chi connectivity index (χ3v) is 7.99. The highest BCUT2D eigenvalue weighted by atomic mass is 16.5. The number of hydrogen-bond donors (Lipinski definition) is 2. The van der Waals surface area contributed by atoms with Crippen molar-refractivity contribution in [3.8, 4) is 11.5 Å². The summed E-state index contributed by atoms with van der Waals surface area (Å²) < 4.78 is 11.1. The first kappa shape index (κ1) is 32.2. The van der Waals surface area contributed by atoms with Crippen molar-refractivity contribution in [2.24, 2.45) is 5.92 Å². The maximum Gasteiger partial charge on any atom is 0.258 e. The number of ether oxygens (including phenoxy) is 2. The van der Waals surface area contributed by atoms with E-state index in [-0.39, 0.29) is 24.3 Å². The van der Waals surface area contributed by atoms with Crippen LogP contribution in [-0.2, 0) is 25.6 Å². The van der Waals surface area contributed by atoms with Crippen molar-refractivity contribution in [3.63, 3.8) is 0 Å². The standard InChI is InChI=1S/C31H48N4O6/c1-23-31(39)34(2)17-7-8-18-35(30(38)21-24-10-5-4-6-11-24)19-9-16-32-28(36)15-13-25-12-14-26(40-3)27(20-25)41-22-29(37)33-23/h12,14,20,23-24H,4-11,13,15-19,21-22H2,1-3H3,(H,32,36)(H,33,37)/t23-/m0/s1. The molecule has 1 fully saturated rings. The third kappa shape index (κ3) is 10.9. The van der Waals surface area contributed by atoms with Gasteiger partial charge < -0.3 is 29.9 Å². The van der Waals surface area contributed by atoms with Gasteiger partial charge in [-0.2, -0.15) is 0 Å². The second-order valence-corrected chi connectivity index (χ2v) is 11.3. The van der Waals surface area contributed by atoms with Crippen LogP contribution in [0, 0.1) is 5.92 Å². The predicted molar refractivity (Wildman–Crippen MR) is 157 cm³/mol. The molecule has 4 amide bonds. The van der Waals surface area contributed by atoms with Crippen molar-refractivity contribution in [2.45, 2.75) is 83.6 Å². The monoisotopic (exact) mass is 572 g/mol. The van der Waals surface area contributed by atoms with E-state index in [1.807, 2.05) is 11.0 Å². The van der Waals surface area contributed by atoms with Gasteiger partial charge in [0, 0.05) is 46.1 Å². The molecule has 1 aromatic carbocycles. The predicted octanol–water partition coefficient (Wildman–Crippen LogP) is 3.07. The number of benzene rings is 1. The Morgan fingerprint density at radius 1 is 0.976 bits per heavy atom. The van der Waals surface area contributed by atoms with Crippen LogP contribution in [0.5, 0.6) is 11.5 Å². The van der Waals surface area contributed by atoms with Gasteiger partial charge in [-0.25, -0.2) is 0 Å². The van der Waals surface area contributed by atoms with E-state index in [0.717, 1.165) is 31.2 Å². The fourth-order valence-corrected chi connectivity index (χ4v) is 5.54. The van der Waals surface area contributed by atoms with Gasteiger partial charge in [-0.15, -0.1) is 0 Å². The van der Waals surface area contributed by atoms with Crippen LogP contribution >= 0.6 is 0 Å². The fourth-order valence-electron chi connectivity index (χ4n) is 5.54. The molecule has 0 radical (unpaired) electrons. The van der Waals surface area contributed by atoms with Gasteiger partial charge in [-0.3, -0.25) is 19.2 Å². The summed E-state index contributed by atoms with van der Waals surface area (Å²) in [6.45, 7) is 3.65. The summed E-state index contributed by atoms with van der Waals surface area (Å²) in [4.78, 5) is 54.7. The van der Waals surface area contributed by atoms with Crippen LogP contribution in [0.25, 0.3) is 0 Å². The number of amides is 4. The summed E-state index contributed by atoms with van der Waals surface area (Å²) in [7, 11) is 3.25. The van der Waals surface area contributed by atoms with Crippen LogP contribution in [0.4, 0.5) is 0 Å². The molecule has 2 aliphatic rings. The van der Waals surface area contributed by atoms with E-state index in [9.17, 15) is 19.2 Å². The molecule has 0 unspecified atom stereocenters. The maximum atomic E-state index is 13.2. The van der Waals surface area contributed by atoms with Gasteiger partial charge in [0.05, 0.1) is 7.11 Å². The minimum atomic E-state index is -0.700. The first-order valence-electron chi connectivity index (χ1n) is 15.2. The second kappa shape index (κ2) is 16.8. The first-order chi connectivity index (χ1) is 19.8. The summed E-state index contributed by atoms with van der Waals surface area (Å²) in [5.74, 6) is 0.891. The van der Waals surface area contributed by atoms with Crippen LogP contribution < -0.4 is 20.1 Å². The number of hydrogen-bond acceptors (Lipinski definition) is 6. The van der Waals surface area contributed by atoms with E-state index in [1.165, 1.54) is 26.4 Å². The van der Waals surface area contributed by atoms with E-state index in [0.29, 0.717) is 69.3 Å². The molecule has 10 nitrogen and oxygen atoms in total. The van der Waals surface area contributed by atoms with Crippen LogP contribution in [0.15, 0.2) is 18.2 Å².